The van der Waals surface area contributed by atoms with E-state index < -0.39 is 53.4 Å². The van der Waals surface area contributed by atoms with E-state index >= 15 is 0 Å². The SMILES string of the molecule is CS(=O)(=O)c1ccc(-c2ccc([C@H](N[C@@H](CC(F)F)C(=O)NCC#N)C(F)(F)F)cc2)cc1. The molecule has 6 nitrogen and oxygen atoms in total. The Morgan fingerprint density at radius 3 is 1.97 bits per heavy atom. The molecule has 0 radical (unpaired) electrons. The molecule has 2 rings (SSSR count). The summed E-state index contributed by atoms with van der Waals surface area (Å²) in [6.45, 7) is -0.538. The van der Waals surface area contributed by atoms with E-state index in [1.807, 2.05) is 10.6 Å². The fraction of sp³-hybridized carbons (Fsp3) is 0.333. The van der Waals surface area contributed by atoms with Crippen LogP contribution >= 0.6 is 0 Å². The predicted octanol–water partition coefficient (Wildman–Crippen LogP) is 3.61. The average molecular weight is 489 g/mol. The molecule has 0 unspecified atom stereocenters. The number of halogens is 5. The minimum atomic E-state index is -4.91. The fourth-order valence-electron chi connectivity index (χ4n) is 3.02. The van der Waals surface area contributed by atoms with Gasteiger partial charge in [0.05, 0.1) is 17.0 Å². The Hall–Kier alpha value is -3.04. The summed E-state index contributed by atoms with van der Waals surface area (Å²) in [7, 11) is -3.41. The minimum absolute atomic E-state index is 0.0870. The molecule has 0 bridgehead atoms. The van der Waals surface area contributed by atoms with E-state index in [1.54, 1.807) is 6.07 Å². The number of alkyl halides is 5. The lowest BCUT2D eigenvalue weighted by Gasteiger charge is -2.27. The van der Waals surface area contributed by atoms with Crippen molar-refractivity contribution >= 4 is 15.7 Å². The summed E-state index contributed by atoms with van der Waals surface area (Å²) < 4.78 is 89.9. The molecule has 2 aromatic carbocycles. The van der Waals surface area contributed by atoms with Crippen LogP contribution in [-0.2, 0) is 14.6 Å². The summed E-state index contributed by atoms with van der Waals surface area (Å²) in [5, 5.41) is 12.4. The second kappa shape index (κ2) is 10.7. The Labute approximate surface area is 187 Å². The molecule has 0 heterocycles. The van der Waals surface area contributed by atoms with Crippen molar-refractivity contribution in [1.29, 1.82) is 5.26 Å². The topological polar surface area (TPSA) is 99.1 Å². The van der Waals surface area contributed by atoms with Crippen molar-refractivity contribution in [2.75, 3.05) is 12.8 Å². The van der Waals surface area contributed by atoms with Crippen molar-refractivity contribution in [3.63, 3.8) is 0 Å². The highest BCUT2D eigenvalue weighted by atomic mass is 32.2. The normalized spacial score (nSPS) is 13.9. The zero-order valence-electron chi connectivity index (χ0n) is 17.2. The van der Waals surface area contributed by atoms with Gasteiger partial charge in [-0.25, -0.2) is 17.2 Å². The Balaban J connectivity index is 2.31. The van der Waals surface area contributed by atoms with Crippen LogP contribution < -0.4 is 10.6 Å². The molecule has 2 aromatic rings. The average Bonchev–Trinajstić information content (AvgIpc) is 2.73. The number of hydrogen-bond donors (Lipinski definition) is 2. The van der Waals surface area contributed by atoms with Gasteiger partial charge in [-0.3, -0.25) is 10.1 Å². The molecule has 0 saturated heterocycles. The van der Waals surface area contributed by atoms with E-state index in [-0.39, 0.29) is 10.5 Å². The fourth-order valence-corrected chi connectivity index (χ4v) is 3.65. The molecule has 2 atom stereocenters. The molecule has 0 spiro atoms. The Morgan fingerprint density at radius 1 is 1.03 bits per heavy atom. The standard InChI is InChI=1S/C21H20F5N3O3S/c1-33(31,32)16-8-6-14(7-9-16)13-2-4-15(5-3-13)19(21(24,25)26)29-17(12-18(22)23)20(30)28-11-10-27/h2-9,17-19,29H,11-12H2,1H3,(H,28,30)/t17-,19-/m0/s1. The molecule has 12 heteroatoms. The van der Waals surface area contributed by atoms with Crippen molar-refractivity contribution in [2.45, 2.75) is 36.0 Å². The van der Waals surface area contributed by atoms with Crippen molar-refractivity contribution in [2.24, 2.45) is 0 Å². The number of benzene rings is 2. The second-order valence-electron chi connectivity index (χ2n) is 7.12. The molecular weight excluding hydrogens is 469 g/mol. The number of hydrogen-bond acceptors (Lipinski definition) is 5. The molecular formula is C21H20F5N3O3S. The molecule has 0 aliphatic heterocycles. The molecule has 33 heavy (non-hydrogen) atoms. The number of nitriles is 1. The van der Waals surface area contributed by atoms with Gasteiger partial charge in [-0.05, 0) is 28.8 Å². The van der Waals surface area contributed by atoms with Gasteiger partial charge in [-0.2, -0.15) is 18.4 Å². The minimum Gasteiger partial charge on any atom is -0.342 e. The zero-order chi connectivity index (χ0) is 24.8. The lowest BCUT2D eigenvalue weighted by atomic mass is 9.99. The largest absolute Gasteiger partial charge is 0.407 e. The summed E-state index contributed by atoms with van der Waals surface area (Å²) in [5.74, 6) is -1.14. The van der Waals surface area contributed by atoms with E-state index in [9.17, 15) is 35.2 Å². The lowest BCUT2D eigenvalue weighted by Crippen LogP contribution is -2.49. The van der Waals surface area contributed by atoms with Crippen LogP contribution in [0, 0.1) is 11.3 Å². The zero-order valence-corrected chi connectivity index (χ0v) is 18.1. The van der Waals surface area contributed by atoms with Gasteiger partial charge < -0.3 is 5.32 Å². The Bertz CT molecular complexity index is 1100. The number of amides is 1. The third kappa shape index (κ3) is 7.50. The van der Waals surface area contributed by atoms with E-state index in [2.05, 4.69) is 0 Å². The van der Waals surface area contributed by atoms with Gasteiger partial charge in [0.1, 0.15) is 12.6 Å². The van der Waals surface area contributed by atoms with Crippen LogP contribution in [0.1, 0.15) is 18.0 Å². The highest BCUT2D eigenvalue weighted by Crippen LogP contribution is 2.34. The molecule has 0 fully saturated rings. The molecule has 0 aliphatic carbocycles. The van der Waals surface area contributed by atoms with E-state index in [4.69, 9.17) is 5.26 Å². The van der Waals surface area contributed by atoms with Crippen LogP contribution in [0.2, 0.25) is 0 Å². The van der Waals surface area contributed by atoms with Gasteiger partial charge in [0.2, 0.25) is 12.3 Å². The molecule has 1 amide bonds. The maximum atomic E-state index is 13.7. The first-order valence-electron chi connectivity index (χ1n) is 9.49. The smallest absolute Gasteiger partial charge is 0.342 e. The molecule has 0 aromatic heterocycles. The van der Waals surface area contributed by atoms with Gasteiger partial charge in [-0.15, -0.1) is 0 Å². The molecule has 0 saturated carbocycles. The maximum Gasteiger partial charge on any atom is 0.407 e. The number of nitrogens with zero attached hydrogens (tertiary/aromatic N) is 1. The summed E-state index contributed by atoms with van der Waals surface area (Å²) in [5.41, 5.74) is 0.735. The summed E-state index contributed by atoms with van der Waals surface area (Å²) in [6.07, 6.45) is -8.09. The number of nitrogens with one attached hydrogen (secondary N) is 2. The van der Waals surface area contributed by atoms with Gasteiger partial charge in [0, 0.05) is 12.7 Å². The Kier molecular flexibility index (Phi) is 8.51. The highest BCUT2D eigenvalue weighted by molar-refractivity contribution is 7.90. The van der Waals surface area contributed by atoms with Crippen LogP contribution in [-0.4, -0.2) is 45.8 Å². The quantitative estimate of drug-likeness (QED) is 0.414. The summed E-state index contributed by atoms with van der Waals surface area (Å²) in [6, 6.07) is 8.00. The van der Waals surface area contributed by atoms with Crippen molar-refractivity contribution < 1.29 is 35.2 Å². The van der Waals surface area contributed by atoms with E-state index in [1.165, 1.54) is 36.4 Å². The number of carbonyl (C=O) groups excluding carboxylic acids is 1. The first-order valence-corrected chi connectivity index (χ1v) is 11.4. The number of rotatable bonds is 9. The maximum absolute atomic E-state index is 13.7. The van der Waals surface area contributed by atoms with Gasteiger partial charge in [0.25, 0.3) is 0 Å². The van der Waals surface area contributed by atoms with Crippen LogP contribution in [0.3, 0.4) is 0 Å². The second-order valence-corrected chi connectivity index (χ2v) is 9.13. The Morgan fingerprint density at radius 2 is 1.55 bits per heavy atom. The van der Waals surface area contributed by atoms with E-state index in [0.717, 1.165) is 18.4 Å². The van der Waals surface area contributed by atoms with Gasteiger partial charge >= 0.3 is 6.18 Å². The summed E-state index contributed by atoms with van der Waals surface area (Å²) in [4.78, 5) is 12.1. The van der Waals surface area contributed by atoms with Gasteiger partial charge in [-0.1, -0.05) is 36.4 Å². The van der Waals surface area contributed by atoms with Crippen LogP contribution in [0.25, 0.3) is 11.1 Å². The van der Waals surface area contributed by atoms with Crippen LogP contribution in [0.4, 0.5) is 22.0 Å². The monoisotopic (exact) mass is 489 g/mol. The lowest BCUT2D eigenvalue weighted by molar-refractivity contribution is -0.161. The number of carbonyl (C=O) groups is 1. The van der Waals surface area contributed by atoms with Crippen molar-refractivity contribution in [1.82, 2.24) is 10.6 Å². The predicted molar refractivity (Wildman–Crippen MR) is 110 cm³/mol. The van der Waals surface area contributed by atoms with E-state index in [0.29, 0.717) is 11.1 Å². The first-order chi connectivity index (χ1) is 15.3. The summed E-state index contributed by atoms with van der Waals surface area (Å²) >= 11 is 0. The van der Waals surface area contributed by atoms with Gasteiger partial charge in [0.15, 0.2) is 9.84 Å². The third-order valence-electron chi connectivity index (χ3n) is 4.63. The molecule has 0 aliphatic rings. The third-order valence-corrected chi connectivity index (χ3v) is 5.76. The van der Waals surface area contributed by atoms with Crippen molar-refractivity contribution in [3.05, 3.63) is 54.1 Å². The van der Waals surface area contributed by atoms with Crippen LogP contribution in [0.15, 0.2) is 53.4 Å². The molecule has 178 valence electrons. The number of sulfone groups is 1. The first kappa shape index (κ1) is 26.2. The molecule has 2 N–H and O–H groups in total. The van der Waals surface area contributed by atoms with Crippen LogP contribution in [0.5, 0.6) is 0 Å². The highest BCUT2D eigenvalue weighted by Gasteiger charge is 2.43. The van der Waals surface area contributed by atoms with Crippen molar-refractivity contribution in [3.8, 4) is 17.2 Å².